The number of anilines is 1. The number of carbonyl (C=O) groups is 2. The van der Waals surface area contributed by atoms with Crippen LogP contribution in [0.15, 0.2) is 54.9 Å². The highest BCUT2D eigenvalue weighted by molar-refractivity contribution is 5.92. The van der Waals surface area contributed by atoms with Crippen LogP contribution in [0.4, 0.5) is 5.69 Å². The van der Waals surface area contributed by atoms with Crippen molar-refractivity contribution < 1.29 is 14.3 Å². The summed E-state index contributed by atoms with van der Waals surface area (Å²) in [5.74, 6) is 0.774. The third-order valence-corrected chi connectivity index (χ3v) is 4.48. The lowest BCUT2D eigenvalue weighted by Gasteiger charge is -2.31. The number of amides is 2. The number of ether oxygens (including phenoxy) is 1. The number of hydrogen-bond donors (Lipinski definition) is 1. The number of pyridine rings is 1. The number of nitrogens with zero attached hydrogens (tertiary/aromatic N) is 2. The van der Waals surface area contributed by atoms with Crippen molar-refractivity contribution in [2.75, 3.05) is 25.0 Å². The smallest absolute Gasteiger partial charge is 0.227 e. The first-order valence-electron chi connectivity index (χ1n) is 8.89. The zero-order valence-corrected chi connectivity index (χ0v) is 14.6. The molecule has 1 aliphatic heterocycles. The molecule has 1 aromatic heterocycles. The fourth-order valence-corrected chi connectivity index (χ4v) is 3.00. The van der Waals surface area contributed by atoms with Crippen LogP contribution in [0.5, 0.6) is 5.75 Å². The summed E-state index contributed by atoms with van der Waals surface area (Å²) in [5, 5.41) is 2.88. The number of piperidine rings is 1. The molecule has 136 valence electrons. The van der Waals surface area contributed by atoms with Gasteiger partial charge < -0.3 is 15.0 Å². The van der Waals surface area contributed by atoms with Gasteiger partial charge in [-0.1, -0.05) is 18.2 Å². The summed E-state index contributed by atoms with van der Waals surface area (Å²) < 4.78 is 5.58. The molecule has 26 heavy (non-hydrogen) atoms. The Balaban J connectivity index is 1.38. The van der Waals surface area contributed by atoms with E-state index in [4.69, 9.17) is 4.74 Å². The van der Waals surface area contributed by atoms with Gasteiger partial charge in [0.25, 0.3) is 0 Å². The lowest BCUT2D eigenvalue weighted by molar-refractivity contribution is -0.135. The molecular formula is C20H23N3O3. The van der Waals surface area contributed by atoms with Gasteiger partial charge in [0.2, 0.25) is 11.8 Å². The fraction of sp³-hybridized carbons (Fsp3) is 0.350. The summed E-state index contributed by atoms with van der Waals surface area (Å²) in [4.78, 5) is 30.4. The topological polar surface area (TPSA) is 71.5 Å². The largest absolute Gasteiger partial charge is 0.493 e. The summed E-state index contributed by atoms with van der Waals surface area (Å²) in [7, 11) is 0. The molecule has 3 rings (SSSR count). The Morgan fingerprint density at radius 1 is 1.12 bits per heavy atom. The van der Waals surface area contributed by atoms with E-state index in [0.717, 1.165) is 5.75 Å². The van der Waals surface area contributed by atoms with Gasteiger partial charge in [-0.25, -0.2) is 0 Å². The Bertz CT molecular complexity index is 714. The molecule has 2 amide bonds. The minimum Gasteiger partial charge on any atom is -0.493 e. The van der Waals surface area contributed by atoms with Gasteiger partial charge in [-0.2, -0.15) is 0 Å². The molecule has 0 bridgehead atoms. The Labute approximate surface area is 153 Å². The molecule has 0 aliphatic carbocycles. The molecule has 1 N–H and O–H groups in total. The van der Waals surface area contributed by atoms with Gasteiger partial charge in [0.1, 0.15) is 5.75 Å². The lowest BCUT2D eigenvalue weighted by atomic mass is 9.95. The van der Waals surface area contributed by atoms with E-state index in [9.17, 15) is 9.59 Å². The second kappa shape index (κ2) is 8.99. The maximum absolute atomic E-state index is 12.3. The first kappa shape index (κ1) is 17.9. The third-order valence-electron chi connectivity index (χ3n) is 4.48. The summed E-state index contributed by atoms with van der Waals surface area (Å²) in [6.45, 7) is 1.58. The molecule has 0 atom stereocenters. The van der Waals surface area contributed by atoms with Crippen LogP contribution in [0.3, 0.4) is 0 Å². The Hall–Kier alpha value is -2.89. The van der Waals surface area contributed by atoms with Gasteiger partial charge in [-0.3, -0.25) is 14.6 Å². The van der Waals surface area contributed by atoms with Crippen LogP contribution in [0.1, 0.15) is 19.3 Å². The van der Waals surface area contributed by atoms with Crippen molar-refractivity contribution in [3.05, 3.63) is 54.9 Å². The molecule has 1 aliphatic rings. The van der Waals surface area contributed by atoms with Crippen LogP contribution in [-0.2, 0) is 9.59 Å². The van der Waals surface area contributed by atoms with E-state index < -0.39 is 0 Å². The summed E-state index contributed by atoms with van der Waals surface area (Å²) in [6, 6.07) is 13.1. The van der Waals surface area contributed by atoms with Crippen LogP contribution < -0.4 is 10.1 Å². The SMILES string of the molecule is O=C(Nc1cccnc1)C1CCN(C(=O)CCOc2ccccc2)CC1. The average Bonchev–Trinajstić information content (AvgIpc) is 2.69. The molecule has 1 saturated heterocycles. The summed E-state index contributed by atoms with van der Waals surface area (Å²) in [5.41, 5.74) is 0.703. The summed E-state index contributed by atoms with van der Waals surface area (Å²) in [6.07, 6.45) is 5.00. The molecule has 0 saturated carbocycles. The summed E-state index contributed by atoms with van der Waals surface area (Å²) >= 11 is 0. The van der Waals surface area contributed by atoms with E-state index in [1.807, 2.05) is 41.3 Å². The van der Waals surface area contributed by atoms with E-state index in [1.165, 1.54) is 0 Å². The monoisotopic (exact) mass is 353 g/mol. The molecule has 6 heteroatoms. The van der Waals surface area contributed by atoms with E-state index in [0.29, 0.717) is 44.6 Å². The van der Waals surface area contributed by atoms with Gasteiger partial charge in [-0.05, 0) is 37.1 Å². The van der Waals surface area contributed by atoms with Crippen molar-refractivity contribution in [2.24, 2.45) is 5.92 Å². The lowest BCUT2D eigenvalue weighted by Crippen LogP contribution is -2.41. The number of rotatable bonds is 6. The zero-order valence-electron chi connectivity index (χ0n) is 14.6. The van der Waals surface area contributed by atoms with Crippen LogP contribution in [0.25, 0.3) is 0 Å². The van der Waals surface area contributed by atoms with Crippen molar-refractivity contribution in [3.8, 4) is 5.75 Å². The van der Waals surface area contributed by atoms with Crippen molar-refractivity contribution in [3.63, 3.8) is 0 Å². The molecular weight excluding hydrogens is 330 g/mol. The van der Waals surface area contributed by atoms with Crippen LogP contribution in [-0.4, -0.2) is 41.4 Å². The van der Waals surface area contributed by atoms with E-state index in [1.54, 1.807) is 18.5 Å². The molecule has 1 fully saturated rings. The van der Waals surface area contributed by atoms with Crippen molar-refractivity contribution in [1.29, 1.82) is 0 Å². The number of para-hydroxylation sites is 1. The van der Waals surface area contributed by atoms with Gasteiger partial charge in [0.05, 0.1) is 24.9 Å². The van der Waals surface area contributed by atoms with Gasteiger partial charge in [0, 0.05) is 25.2 Å². The zero-order chi connectivity index (χ0) is 18.2. The van der Waals surface area contributed by atoms with Crippen molar-refractivity contribution in [1.82, 2.24) is 9.88 Å². The van der Waals surface area contributed by atoms with Crippen molar-refractivity contribution >= 4 is 17.5 Å². The Kier molecular flexibility index (Phi) is 6.19. The first-order chi connectivity index (χ1) is 12.7. The standard InChI is InChI=1S/C20H23N3O3/c24-19(10-14-26-18-6-2-1-3-7-18)23-12-8-16(9-13-23)20(25)22-17-5-4-11-21-15-17/h1-7,11,15-16H,8-10,12-14H2,(H,22,25). The normalized spacial score (nSPS) is 14.7. The highest BCUT2D eigenvalue weighted by Gasteiger charge is 2.27. The van der Waals surface area contributed by atoms with Crippen LogP contribution in [0, 0.1) is 5.92 Å². The molecule has 2 aromatic rings. The maximum atomic E-state index is 12.3. The van der Waals surface area contributed by atoms with E-state index in [-0.39, 0.29) is 17.7 Å². The Morgan fingerprint density at radius 3 is 2.58 bits per heavy atom. The van der Waals surface area contributed by atoms with Crippen LogP contribution in [0.2, 0.25) is 0 Å². The van der Waals surface area contributed by atoms with E-state index >= 15 is 0 Å². The maximum Gasteiger partial charge on any atom is 0.227 e. The third kappa shape index (κ3) is 5.05. The van der Waals surface area contributed by atoms with Gasteiger partial charge in [-0.15, -0.1) is 0 Å². The highest BCUT2D eigenvalue weighted by Crippen LogP contribution is 2.20. The number of aromatic nitrogens is 1. The number of likely N-dealkylation sites (tertiary alicyclic amines) is 1. The number of hydrogen-bond acceptors (Lipinski definition) is 4. The van der Waals surface area contributed by atoms with Crippen molar-refractivity contribution in [2.45, 2.75) is 19.3 Å². The first-order valence-corrected chi connectivity index (χ1v) is 8.89. The number of nitrogens with one attached hydrogen (secondary N) is 1. The second-order valence-corrected chi connectivity index (χ2v) is 6.30. The molecule has 1 aromatic carbocycles. The average molecular weight is 353 g/mol. The molecule has 0 unspecified atom stereocenters. The number of carbonyl (C=O) groups excluding carboxylic acids is 2. The predicted octanol–water partition coefficient (Wildman–Crippen LogP) is 2.73. The van der Waals surface area contributed by atoms with E-state index in [2.05, 4.69) is 10.3 Å². The molecule has 2 heterocycles. The fourth-order valence-electron chi connectivity index (χ4n) is 3.00. The molecule has 0 spiro atoms. The van der Waals surface area contributed by atoms with Gasteiger partial charge in [0.15, 0.2) is 0 Å². The van der Waals surface area contributed by atoms with Crippen LogP contribution >= 0.6 is 0 Å². The minimum atomic E-state index is -0.0696. The Morgan fingerprint density at radius 2 is 1.88 bits per heavy atom. The molecule has 0 radical (unpaired) electrons. The minimum absolute atomic E-state index is 0.00231. The molecule has 6 nitrogen and oxygen atoms in total. The highest BCUT2D eigenvalue weighted by atomic mass is 16.5. The quantitative estimate of drug-likeness (QED) is 0.867. The predicted molar refractivity (Wildman–Crippen MR) is 98.7 cm³/mol. The second-order valence-electron chi connectivity index (χ2n) is 6.30. The van der Waals surface area contributed by atoms with Gasteiger partial charge >= 0.3 is 0 Å². The number of benzene rings is 1.